The standard InChI is InChI=1S/C15H26O5/c1-2-6-16-7-8-17-9-10-18-11-12-19-13-14-20-15-4-3-5-15/h1,15H,3-14H2. The van der Waals surface area contributed by atoms with Gasteiger partial charge in [-0.1, -0.05) is 5.92 Å². The third-order valence-electron chi connectivity index (χ3n) is 2.93. The van der Waals surface area contributed by atoms with Crippen LogP contribution in [0.15, 0.2) is 0 Å². The molecule has 0 heterocycles. The maximum absolute atomic E-state index is 5.57. The van der Waals surface area contributed by atoms with Gasteiger partial charge in [0.25, 0.3) is 0 Å². The van der Waals surface area contributed by atoms with Crippen molar-refractivity contribution in [1.29, 1.82) is 0 Å². The summed E-state index contributed by atoms with van der Waals surface area (Å²) < 4.78 is 26.7. The summed E-state index contributed by atoms with van der Waals surface area (Å²) in [6.07, 6.45) is 9.23. The van der Waals surface area contributed by atoms with Crippen molar-refractivity contribution in [3.63, 3.8) is 0 Å². The van der Waals surface area contributed by atoms with E-state index in [2.05, 4.69) is 5.92 Å². The van der Waals surface area contributed by atoms with Gasteiger partial charge in [0.05, 0.1) is 59.0 Å². The Morgan fingerprint density at radius 2 is 1.25 bits per heavy atom. The molecular weight excluding hydrogens is 260 g/mol. The molecule has 0 radical (unpaired) electrons. The SMILES string of the molecule is C#CCOCCOCCOCCOCCOC1CCC1. The van der Waals surface area contributed by atoms with Crippen LogP contribution in [0.25, 0.3) is 0 Å². The number of ether oxygens (including phenoxy) is 5. The lowest BCUT2D eigenvalue weighted by molar-refractivity contribution is -0.0407. The van der Waals surface area contributed by atoms with Gasteiger partial charge in [-0.05, 0) is 19.3 Å². The first-order valence-corrected chi connectivity index (χ1v) is 7.29. The van der Waals surface area contributed by atoms with Gasteiger partial charge in [-0.2, -0.15) is 0 Å². The van der Waals surface area contributed by atoms with E-state index >= 15 is 0 Å². The van der Waals surface area contributed by atoms with Crippen molar-refractivity contribution in [2.45, 2.75) is 25.4 Å². The van der Waals surface area contributed by atoms with E-state index in [1.807, 2.05) is 0 Å². The maximum atomic E-state index is 5.57. The first kappa shape index (κ1) is 17.4. The summed E-state index contributed by atoms with van der Waals surface area (Å²) in [6.45, 7) is 5.03. The molecule has 5 nitrogen and oxygen atoms in total. The third kappa shape index (κ3) is 10.2. The van der Waals surface area contributed by atoms with Gasteiger partial charge in [0, 0.05) is 0 Å². The van der Waals surface area contributed by atoms with E-state index in [0.717, 1.165) is 0 Å². The van der Waals surface area contributed by atoms with Crippen molar-refractivity contribution in [3.8, 4) is 12.3 Å². The van der Waals surface area contributed by atoms with E-state index in [9.17, 15) is 0 Å². The Morgan fingerprint density at radius 3 is 1.70 bits per heavy atom. The average Bonchev–Trinajstić information content (AvgIpc) is 2.41. The molecule has 1 rings (SSSR count). The Morgan fingerprint density at radius 1 is 0.750 bits per heavy atom. The Hall–Kier alpha value is -0.640. The maximum Gasteiger partial charge on any atom is 0.107 e. The minimum absolute atomic E-state index is 0.335. The molecule has 20 heavy (non-hydrogen) atoms. The van der Waals surface area contributed by atoms with Crippen molar-refractivity contribution in [3.05, 3.63) is 0 Å². The van der Waals surface area contributed by atoms with Gasteiger partial charge in [-0.15, -0.1) is 6.42 Å². The highest BCUT2D eigenvalue weighted by Gasteiger charge is 2.16. The molecule has 0 amide bonds. The summed E-state index contributed by atoms with van der Waals surface area (Å²) in [7, 11) is 0. The lowest BCUT2D eigenvalue weighted by atomic mass is 9.96. The number of terminal acetylenes is 1. The summed E-state index contributed by atoms with van der Waals surface area (Å²) in [6, 6.07) is 0. The second kappa shape index (κ2) is 13.3. The minimum atomic E-state index is 0.335. The van der Waals surface area contributed by atoms with Crippen LogP contribution in [0.1, 0.15) is 19.3 Å². The van der Waals surface area contributed by atoms with Gasteiger partial charge in [0.1, 0.15) is 6.61 Å². The number of rotatable bonds is 14. The second-order valence-corrected chi connectivity index (χ2v) is 4.52. The molecule has 0 atom stereocenters. The van der Waals surface area contributed by atoms with Crippen LogP contribution in [-0.2, 0) is 23.7 Å². The average molecular weight is 286 g/mol. The highest BCUT2D eigenvalue weighted by molar-refractivity contribution is 4.82. The predicted molar refractivity (Wildman–Crippen MR) is 75.7 cm³/mol. The summed E-state index contributed by atoms with van der Waals surface area (Å²) in [5.41, 5.74) is 0. The molecule has 0 spiro atoms. The topological polar surface area (TPSA) is 46.2 Å². The highest BCUT2D eigenvalue weighted by Crippen LogP contribution is 2.21. The van der Waals surface area contributed by atoms with E-state index in [-0.39, 0.29) is 0 Å². The molecule has 1 aliphatic carbocycles. The smallest absolute Gasteiger partial charge is 0.107 e. The Labute approximate surface area is 121 Å². The molecule has 0 bridgehead atoms. The van der Waals surface area contributed by atoms with Crippen molar-refractivity contribution in [2.75, 3.05) is 59.5 Å². The monoisotopic (exact) mass is 286 g/mol. The molecule has 0 aliphatic heterocycles. The molecule has 1 saturated carbocycles. The second-order valence-electron chi connectivity index (χ2n) is 4.52. The fraction of sp³-hybridized carbons (Fsp3) is 0.867. The van der Waals surface area contributed by atoms with Crippen molar-refractivity contribution in [1.82, 2.24) is 0 Å². The summed E-state index contributed by atoms with van der Waals surface area (Å²) in [4.78, 5) is 0. The van der Waals surface area contributed by atoms with Crippen LogP contribution in [0.2, 0.25) is 0 Å². The Kier molecular flexibility index (Phi) is 11.6. The normalized spacial score (nSPS) is 14.9. The van der Waals surface area contributed by atoms with Gasteiger partial charge in [0.15, 0.2) is 0 Å². The molecule has 0 N–H and O–H groups in total. The lowest BCUT2D eigenvalue weighted by Gasteiger charge is -2.25. The van der Waals surface area contributed by atoms with Crippen LogP contribution in [0.4, 0.5) is 0 Å². The van der Waals surface area contributed by atoms with Crippen LogP contribution < -0.4 is 0 Å². The molecular formula is C15H26O5. The molecule has 0 saturated heterocycles. The molecule has 0 aromatic rings. The molecule has 1 aliphatic rings. The van der Waals surface area contributed by atoms with E-state index < -0.39 is 0 Å². The van der Waals surface area contributed by atoms with Crippen molar-refractivity contribution < 1.29 is 23.7 Å². The van der Waals surface area contributed by atoms with Gasteiger partial charge >= 0.3 is 0 Å². The summed E-state index contributed by atoms with van der Waals surface area (Å²) in [5, 5.41) is 0. The van der Waals surface area contributed by atoms with Crippen LogP contribution in [0.5, 0.6) is 0 Å². The van der Waals surface area contributed by atoms with E-state index in [0.29, 0.717) is 65.6 Å². The molecule has 0 aromatic carbocycles. The highest BCUT2D eigenvalue weighted by atomic mass is 16.6. The Bertz CT molecular complexity index is 247. The van der Waals surface area contributed by atoms with Crippen LogP contribution in [-0.4, -0.2) is 65.6 Å². The molecule has 1 fully saturated rings. The van der Waals surface area contributed by atoms with Crippen LogP contribution in [0.3, 0.4) is 0 Å². The van der Waals surface area contributed by atoms with E-state index in [4.69, 9.17) is 30.1 Å². The van der Waals surface area contributed by atoms with E-state index in [1.54, 1.807) is 0 Å². The third-order valence-corrected chi connectivity index (χ3v) is 2.93. The first-order chi connectivity index (χ1) is 9.93. The van der Waals surface area contributed by atoms with Gasteiger partial charge in [-0.3, -0.25) is 0 Å². The largest absolute Gasteiger partial charge is 0.377 e. The zero-order valence-corrected chi connectivity index (χ0v) is 12.2. The predicted octanol–water partition coefficient (Wildman–Crippen LogP) is 1.26. The van der Waals surface area contributed by atoms with Gasteiger partial charge in [-0.25, -0.2) is 0 Å². The summed E-state index contributed by atoms with van der Waals surface area (Å²) >= 11 is 0. The van der Waals surface area contributed by atoms with Gasteiger partial charge < -0.3 is 23.7 Å². The van der Waals surface area contributed by atoms with Crippen LogP contribution in [0, 0.1) is 12.3 Å². The summed E-state index contributed by atoms with van der Waals surface area (Å²) in [5.74, 6) is 2.39. The zero-order valence-electron chi connectivity index (χ0n) is 12.2. The molecule has 0 aromatic heterocycles. The minimum Gasteiger partial charge on any atom is -0.377 e. The number of hydrogen-bond donors (Lipinski definition) is 0. The molecule has 116 valence electrons. The first-order valence-electron chi connectivity index (χ1n) is 7.29. The fourth-order valence-corrected chi connectivity index (χ4v) is 1.60. The quantitative estimate of drug-likeness (QED) is 0.355. The van der Waals surface area contributed by atoms with E-state index in [1.165, 1.54) is 19.3 Å². The van der Waals surface area contributed by atoms with Crippen molar-refractivity contribution >= 4 is 0 Å². The lowest BCUT2D eigenvalue weighted by Crippen LogP contribution is -2.23. The molecule has 0 unspecified atom stereocenters. The number of hydrogen-bond acceptors (Lipinski definition) is 5. The van der Waals surface area contributed by atoms with Crippen LogP contribution >= 0.6 is 0 Å². The van der Waals surface area contributed by atoms with Gasteiger partial charge in [0.2, 0.25) is 0 Å². The zero-order chi connectivity index (χ0) is 14.3. The Balaban J connectivity index is 1.63. The van der Waals surface area contributed by atoms with Crippen molar-refractivity contribution in [2.24, 2.45) is 0 Å². The fourth-order valence-electron chi connectivity index (χ4n) is 1.60. The molecule has 5 heteroatoms.